The molecule has 0 saturated carbocycles. The minimum Gasteiger partial charge on any atom is -0.505 e. The number of pyridine rings is 2. The fourth-order valence-electron chi connectivity index (χ4n) is 8.49. The highest BCUT2D eigenvalue weighted by Crippen LogP contribution is 2.46. The van der Waals surface area contributed by atoms with Gasteiger partial charge >= 0.3 is 0 Å². The molecule has 0 aliphatic heterocycles. The largest absolute Gasteiger partial charge is 0.505 e. The molecule has 4 rings (SSSR count). The molecular formula is C33H52Cl2N4OSi2. The van der Waals surface area contributed by atoms with Crippen molar-refractivity contribution >= 4 is 61.7 Å². The molecule has 4 heterocycles. The Morgan fingerprint density at radius 2 is 0.929 bits per heavy atom. The van der Waals surface area contributed by atoms with Gasteiger partial charge in [0.15, 0.2) is 22.2 Å². The number of nitrogens with zero attached hydrogens (tertiary/aromatic N) is 4. The van der Waals surface area contributed by atoms with E-state index in [2.05, 4.69) is 115 Å². The Kier molecular flexibility index (Phi) is 10.8. The average molecular weight is 648 g/mol. The molecule has 0 aliphatic rings. The first-order chi connectivity index (χ1) is 19.5. The zero-order chi connectivity index (χ0) is 31.9. The first-order valence-corrected chi connectivity index (χ1v) is 20.6. The Morgan fingerprint density at radius 3 is 1.29 bits per heavy atom. The van der Waals surface area contributed by atoms with Crippen LogP contribution in [0.1, 0.15) is 88.6 Å². The Labute approximate surface area is 265 Å². The fourth-order valence-corrected chi connectivity index (χ4v) is 22.0. The van der Waals surface area contributed by atoms with E-state index >= 15 is 0 Å². The summed E-state index contributed by atoms with van der Waals surface area (Å²) in [6.45, 7) is 30.1. The summed E-state index contributed by atoms with van der Waals surface area (Å²) in [5, 5.41) is 12.9. The van der Waals surface area contributed by atoms with E-state index in [1.165, 1.54) is 6.20 Å². The normalized spacial score (nSPS) is 13.1. The maximum absolute atomic E-state index is 9.76. The standard InChI is InChI=1S/C17H27ClN2Si.C16H25ClN2OSi/c1-11(2)21(12(3)4,13(5)6)20-9-8-15-16(18)14(7)10-19-17(15)20;1-10(2)21(11(3)4,12(5)6)19-8-7-13-15(17)14(20)9-18-16(13)19/h8-13H,1-7H3;7-12,20H,1-6H3. The van der Waals surface area contributed by atoms with Crippen LogP contribution in [0.15, 0.2) is 36.9 Å². The topological polar surface area (TPSA) is 55.9 Å². The van der Waals surface area contributed by atoms with Crippen molar-refractivity contribution in [2.75, 3.05) is 0 Å². The third kappa shape index (κ3) is 5.48. The number of fused-ring (bicyclic) bond motifs is 2. The molecule has 0 fully saturated rings. The number of halogens is 2. The maximum Gasteiger partial charge on any atom is 0.171 e. The molecule has 0 radical (unpaired) electrons. The van der Waals surface area contributed by atoms with E-state index in [4.69, 9.17) is 28.2 Å². The van der Waals surface area contributed by atoms with E-state index in [0.29, 0.717) is 38.3 Å². The fraction of sp³-hybridized carbons (Fsp3) is 0.576. The van der Waals surface area contributed by atoms with E-state index in [9.17, 15) is 5.11 Å². The maximum atomic E-state index is 9.76. The lowest BCUT2D eigenvalue weighted by Gasteiger charge is -2.44. The summed E-state index contributed by atoms with van der Waals surface area (Å²) in [7, 11) is -3.60. The molecular weight excluding hydrogens is 595 g/mol. The molecule has 1 N–H and O–H groups in total. The van der Waals surface area contributed by atoms with Crippen LogP contribution in [-0.4, -0.2) is 40.0 Å². The summed E-state index contributed by atoms with van der Waals surface area (Å²) >= 11 is 12.7. The van der Waals surface area contributed by atoms with Crippen LogP contribution >= 0.6 is 23.2 Å². The Hall–Kier alpha value is -1.81. The van der Waals surface area contributed by atoms with Crippen LogP contribution in [0.3, 0.4) is 0 Å². The molecule has 42 heavy (non-hydrogen) atoms. The highest BCUT2D eigenvalue weighted by atomic mass is 35.5. The zero-order valence-corrected chi connectivity index (χ0v) is 31.4. The monoisotopic (exact) mass is 646 g/mol. The van der Waals surface area contributed by atoms with Gasteiger partial charge in [-0.1, -0.05) is 106 Å². The predicted octanol–water partition coefficient (Wildman–Crippen LogP) is 11.4. The second-order valence-electron chi connectivity index (χ2n) is 13.8. The quantitative estimate of drug-likeness (QED) is 0.194. The van der Waals surface area contributed by atoms with Crippen molar-refractivity contribution in [1.82, 2.24) is 18.4 Å². The number of aromatic hydroxyl groups is 1. The molecule has 0 atom stereocenters. The number of hydrogen-bond donors (Lipinski definition) is 1. The Bertz CT molecular complexity index is 1360. The molecule has 0 bridgehead atoms. The molecule has 4 aromatic heterocycles. The third-order valence-electron chi connectivity index (χ3n) is 9.84. The van der Waals surface area contributed by atoms with Crippen LogP contribution < -0.4 is 0 Å². The second-order valence-corrected chi connectivity index (χ2v) is 26.0. The summed E-state index contributed by atoms with van der Waals surface area (Å²) in [4.78, 5) is 9.21. The van der Waals surface area contributed by atoms with Crippen LogP contribution in [0.25, 0.3) is 22.1 Å². The van der Waals surface area contributed by atoms with E-state index in [1.54, 1.807) is 0 Å². The van der Waals surface area contributed by atoms with Gasteiger partial charge in [-0.25, -0.2) is 9.97 Å². The molecule has 232 valence electrons. The molecule has 0 saturated heterocycles. The van der Waals surface area contributed by atoms with Crippen molar-refractivity contribution in [2.24, 2.45) is 0 Å². The number of aryl methyl sites for hydroxylation is 1. The first-order valence-electron chi connectivity index (χ1n) is 15.5. The molecule has 5 nitrogen and oxygen atoms in total. The van der Waals surface area contributed by atoms with E-state index in [1.807, 2.05) is 19.2 Å². The SMILES string of the molecule is CC(C)[Si](C(C)C)(C(C)C)n1ccc2c(Cl)c(O)cnc21.Cc1cnc2c(ccn2[Si](C(C)C)(C(C)C)C(C)C)c1Cl. The lowest BCUT2D eigenvalue weighted by atomic mass is 10.2. The van der Waals surface area contributed by atoms with Gasteiger partial charge < -0.3 is 13.6 Å². The van der Waals surface area contributed by atoms with E-state index in [0.717, 1.165) is 32.7 Å². The van der Waals surface area contributed by atoms with Gasteiger partial charge in [-0.05, 0) is 70.3 Å². The molecule has 0 aliphatic carbocycles. The summed E-state index contributed by atoms with van der Waals surface area (Å²) in [6.07, 6.45) is 7.72. The van der Waals surface area contributed by atoms with Gasteiger partial charge in [0.2, 0.25) is 0 Å². The zero-order valence-electron chi connectivity index (χ0n) is 27.9. The van der Waals surface area contributed by atoms with Crippen molar-refractivity contribution in [2.45, 2.75) is 123 Å². The van der Waals surface area contributed by atoms with E-state index < -0.39 is 16.5 Å². The van der Waals surface area contributed by atoms with Crippen molar-refractivity contribution in [3.8, 4) is 5.75 Å². The molecule has 9 heteroatoms. The van der Waals surface area contributed by atoms with E-state index in [-0.39, 0.29) is 5.75 Å². The van der Waals surface area contributed by atoms with Crippen molar-refractivity contribution in [1.29, 1.82) is 0 Å². The van der Waals surface area contributed by atoms with Crippen molar-refractivity contribution in [3.63, 3.8) is 0 Å². The van der Waals surface area contributed by atoms with Gasteiger partial charge in [-0.3, -0.25) is 0 Å². The molecule has 0 amide bonds. The van der Waals surface area contributed by atoms with Gasteiger partial charge in [0, 0.05) is 17.0 Å². The van der Waals surface area contributed by atoms with Crippen molar-refractivity contribution < 1.29 is 5.11 Å². The van der Waals surface area contributed by atoms with Crippen LogP contribution in [0.5, 0.6) is 5.75 Å². The van der Waals surface area contributed by atoms with Crippen LogP contribution in [0.2, 0.25) is 43.3 Å². The predicted molar refractivity (Wildman–Crippen MR) is 189 cm³/mol. The summed E-state index contributed by atoms with van der Waals surface area (Å²) in [6, 6.07) is 4.13. The van der Waals surface area contributed by atoms with Crippen LogP contribution in [0, 0.1) is 6.92 Å². The highest BCUT2D eigenvalue weighted by molar-refractivity contribution is 6.83. The average Bonchev–Trinajstić information content (AvgIpc) is 3.50. The molecule has 0 unspecified atom stereocenters. The number of rotatable bonds is 8. The summed E-state index contributed by atoms with van der Waals surface area (Å²) in [5.74, 6) is 0.0489. The molecule has 4 aromatic rings. The van der Waals surface area contributed by atoms with Gasteiger partial charge in [-0.2, -0.15) is 0 Å². The molecule has 0 spiro atoms. The number of hydrogen-bond acceptors (Lipinski definition) is 3. The first kappa shape index (κ1) is 34.7. The van der Waals surface area contributed by atoms with Crippen molar-refractivity contribution in [3.05, 3.63) is 52.5 Å². The van der Waals surface area contributed by atoms with Crippen LogP contribution in [0.4, 0.5) is 0 Å². The van der Waals surface area contributed by atoms with Gasteiger partial charge in [-0.15, -0.1) is 0 Å². The Balaban J connectivity index is 0.000000230. The lowest BCUT2D eigenvalue weighted by Crippen LogP contribution is -2.51. The third-order valence-corrected chi connectivity index (χ3v) is 24.2. The summed E-state index contributed by atoms with van der Waals surface area (Å²) in [5.41, 5.74) is 6.72. The lowest BCUT2D eigenvalue weighted by molar-refractivity contribution is 0.474. The number of aromatic nitrogens is 4. The van der Waals surface area contributed by atoms with Gasteiger partial charge in [0.05, 0.1) is 16.2 Å². The van der Waals surface area contributed by atoms with Gasteiger partial charge in [0.25, 0.3) is 0 Å². The minimum absolute atomic E-state index is 0.0489. The smallest absolute Gasteiger partial charge is 0.171 e. The minimum atomic E-state index is -1.84. The second kappa shape index (κ2) is 13.0. The van der Waals surface area contributed by atoms with Gasteiger partial charge in [0.1, 0.15) is 11.3 Å². The highest BCUT2D eigenvalue weighted by Gasteiger charge is 2.47. The molecule has 0 aromatic carbocycles. The van der Waals surface area contributed by atoms with Crippen LogP contribution in [-0.2, 0) is 0 Å². The summed E-state index contributed by atoms with van der Waals surface area (Å²) < 4.78 is 4.90. The Morgan fingerprint density at radius 1 is 0.595 bits per heavy atom.